The highest BCUT2D eigenvalue weighted by atomic mass is 32.2. The van der Waals surface area contributed by atoms with E-state index in [2.05, 4.69) is 10.0 Å². The minimum atomic E-state index is -3.16. The highest BCUT2D eigenvalue weighted by Crippen LogP contribution is 2.29. The van der Waals surface area contributed by atoms with Crippen LogP contribution in [0.3, 0.4) is 0 Å². The normalized spacial score (nSPS) is 25.3. The molecule has 0 aromatic carbocycles. The summed E-state index contributed by atoms with van der Waals surface area (Å²) >= 11 is 0. The average molecular weight is 260 g/mol. The molecule has 0 radical (unpaired) electrons. The molecule has 2 rings (SSSR count). The molecule has 0 aromatic heterocycles. The first-order valence-electron chi connectivity index (χ1n) is 6.73. The molecule has 0 aromatic rings. The zero-order valence-electron chi connectivity index (χ0n) is 10.8. The van der Waals surface area contributed by atoms with E-state index in [-0.39, 0.29) is 11.3 Å². The van der Waals surface area contributed by atoms with Gasteiger partial charge >= 0.3 is 0 Å². The van der Waals surface area contributed by atoms with Crippen LogP contribution in [0.4, 0.5) is 0 Å². The summed E-state index contributed by atoms with van der Waals surface area (Å²) in [4.78, 5) is 0. The SMILES string of the molecule is CC(NS(=O)(=O)C(C)CNC1CC1)C1CCC1. The molecule has 0 amide bonds. The molecule has 0 spiro atoms. The van der Waals surface area contributed by atoms with Gasteiger partial charge in [0.05, 0.1) is 5.25 Å². The van der Waals surface area contributed by atoms with Gasteiger partial charge < -0.3 is 5.32 Å². The largest absolute Gasteiger partial charge is 0.313 e. The van der Waals surface area contributed by atoms with Crippen molar-refractivity contribution in [1.29, 1.82) is 0 Å². The topological polar surface area (TPSA) is 58.2 Å². The van der Waals surface area contributed by atoms with E-state index in [0.717, 1.165) is 0 Å². The minimum Gasteiger partial charge on any atom is -0.313 e. The van der Waals surface area contributed by atoms with Crippen LogP contribution in [0.2, 0.25) is 0 Å². The number of rotatable bonds is 7. The summed E-state index contributed by atoms with van der Waals surface area (Å²) < 4.78 is 27.0. The van der Waals surface area contributed by atoms with Gasteiger partial charge in [0.2, 0.25) is 10.0 Å². The second-order valence-electron chi connectivity index (χ2n) is 5.64. The maximum atomic E-state index is 12.1. The molecule has 0 heterocycles. The van der Waals surface area contributed by atoms with Gasteiger partial charge in [-0.15, -0.1) is 0 Å². The Morgan fingerprint density at radius 3 is 2.29 bits per heavy atom. The molecule has 2 fully saturated rings. The summed E-state index contributed by atoms with van der Waals surface area (Å²) in [5, 5.41) is 2.93. The Morgan fingerprint density at radius 2 is 1.82 bits per heavy atom. The van der Waals surface area contributed by atoms with Crippen molar-refractivity contribution in [3.05, 3.63) is 0 Å². The van der Waals surface area contributed by atoms with Crippen LogP contribution in [0.1, 0.15) is 46.0 Å². The van der Waals surface area contributed by atoms with Crippen LogP contribution in [0.5, 0.6) is 0 Å². The second kappa shape index (κ2) is 5.24. The summed E-state index contributed by atoms with van der Waals surface area (Å²) in [6.45, 7) is 4.34. The lowest BCUT2D eigenvalue weighted by atomic mass is 9.81. The summed E-state index contributed by atoms with van der Waals surface area (Å²) in [5.74, 6) is 0.549. The standard InChI is InChI=1S/C12H24N2O2S/c1-9(8-13-12-6-7-12)17(15,16)14-10(2)11-4-3-5-11/h9-14H,3-8H2,1-2H3. The molecular formula is C12H24N2O2S. The van der Waals surface area contributed by atoms with Gasteiger partial charge in [-0.1, -0.05) is 6.42 Å². The lowest BCUT2D eigenvalue weighted by molar-refractivity contribution is 0.260. The first kappa shape index (κ1) is 13.3. The first-order chi connectivity index (χ1) is 7.99. The average Bonchev–Trinajstić information content (AvgIpc) is 2.93. The second-order valence-corrected chi connectivity index (χ2v) is 7.77. The Bertz CT molecular complexity index is 348. The van der Waals surface area contributed by atoms with E-state index in [1.54, 1.807) is 6.92 Å². The van der Waals surface area contributed by atoms with Gasteiger partial charge in [-0.05, 0) is 45.4 Å². The van der Waals surface area contributed by atoms with Crippen molar-refractivity contribution >= 4 is 10.0 Å². The van der Waals surface area contributed by atoms with Crippen LogP contribution in [0.15, 0.2) is 0 Å². The van der Waals surface area contributed by atoms with Crippen molar-refractivity contribution in [1.82, 2.24) is 10.0 Å². The van der Waals surface area contributed by atoms with Gasteiger partial charge in [0.1, 0.15) is 0 Å². The molecule has 2 aliphatic rings. The number of hydrogen-bond donors (Lipinski definition) is 2. The fourth-order valence-corrected chi connectivity index (χ4v) is 3.40. The maximum absolute atomic E-state index is 12.1. The zero-order chi connectivity index (χ0) is 12.5. The molecule has 2 aliphatic carbocycles. The molecule has 2 saturated carbocycles. The zero-order valence-corrected chi connectivity index (χ0v) is 11.6. The van der Waals surface area contributed by atoms with Crippen LogP contribution in [-0.4, -0.2) is 32.3 Å². The third-order valence-electron chi connectivity index (χ3n) is 4.01. The lowest BCUT2D eigenvalue weighted by Gasteiger charge is -2.32. The molecule has 2 atom stereocenters. The van der Waals surface area contributed by atoms with Crippen LogP contribution >= 0.6 is 0 Å². The highest BCUT2D eigenvalue weighted by Gasteiger charge is 2.30. The quantitative estimate of drug-likeness (QED) is 0.724. The van der Waals surface area contributed by atoms with Gasteiger partial charge in [0.15, 0.2) is 0 Å². The molecule has 17 heavy (non-hydrogen) atoms. The van der Waals surface area contributed by atoms with E-state index >= 15 is 0 Å². The predicted molar refractivity (Wildman–Crippen MR) is 69.3 cm³/mol. The Morgan fingerprint density at radius 1 is 1.18 bits per heavy atom. The molecule has 0 aliphatic heterocycles. The molecule has 5 heteroatoms. The van der Waals surface area contributed by atoms with E-state index < -0.39 is 10.0 Å². The summed E-state index contributed by atoms with van der Waals surface area (Å²) in [6, 6.07) is 0.661. The molecule has 2 N–H and O–H groups in total. The molecule has 4 nitrogen and oxygen atoms in total. The van der Waals surface area contributed by atoms with Gasteiger partial charge in [-0.2, -0.15) is 0 Å². The Kier molecular flexibility index (Phi) is 4.10. The molecule has 2 unspecified atom stereocenters. The van der Waals surface area contributed by atoms with Crippen molar-refractivity contribution in [3.8, 4) is 0 Å². The Labute approximate surface area is 105 Å². The first-order valence-corrected chi connectivity index (χ1v) is 8.28. The van der Waals surface area contributed by atoms with Gasteiger partial charge in [0.25, 0.3) is 0 Å². The Hall–Kier alpha value is -0.130. The van der Waals surface area contributed by atoms with Crippen LogP contribution < -0.4 is 10.0 Å². The van der Waals surface area contributed by atoms with E-state index in [0.29, 0.717) is 18.5 Å². The third kappa shape index (κ3) is 3.66. The van der Waals surface area contributed by atoms with E-state index in [1.807, 2.05) is 6.92 Å². The predicted octanol–water partition coefficient (Wildman–Crippen LogP) is 1.23. The molecule has 0 bridgehead atoms. The fraction of sp³-hybridized carbons (Fsp3) is 1.00. The van der Waals surface area contributed by atoms with Crippen molar-refractivity contribution in [2.75, 3.05) is 6.54 Å². The minimum absolute atomic E-state index is 0.0946. The molecule has 0 saturated heterocycles. The molecular weight excluding hydrogens is 236 g/mol. The van der Waals surface area contributed by atoms with Crippen molar-refractivity contribution in [2.45, 2.75) is 63.3 Å². The summed E-state index contributed by atoms with van der Waals surface area (Å²) in [5.41, 5.74) is 0. The van der Waals surface area contributed by atoms with Crippen LogP contribution in [0.25, 0.3) is 0 Å². The van der Waals surface area contributed by atoms with Crippen molar-refractivity contribution < 1.29 is 8.42 Å². The fourth-order valence-electron chi connectivity index (χ4n) is 2.14. The van der Waals surface area contributed by atoms with Crippen molar-refractivity contribution in [3.63, 3.8) is 0 Å². The number of sulfonamides is 1. The summed E-state index contributed by atoms with van der Waals surface area (Å²) in [7, 11) is -3.16. The smallest absolute Gasteiger partial charge is 0.215 e. The third-order valence-corrected chi connectivity index (χ3v) is 5.93. The highest BCUT2D eigenvalue weighted by molar-refractivity contribution is 7.90. The van der Waals surface area contributed by atoms with Crippen LogP contribution in [0, 0.1) is 5.92 Å². The summed E-state index contributed by atoms with van der Waals surface area (Å²) in [6.07, 6.45) is 5.96. The van der Waals surface area contributed by atoms with Gasteiger partial charge in [-0.25, -0.2) is 13.1 Å². The number of hydrogen-bond acceptors (Lipinski definition) is 3. The van der Waals surface area contributed by atoms with Crippen molar-refractivity contribution in [2.24, 2.45) is 5.92 Å². The van der Waals surface area contributed by atoms with Gasteiger partial charge in [-0.3, -0.25) is 0 Å². The number of nitrogens with one attached hydrogen (secondary N) is 2. The maximum Gasteiger partial charge on any atom is 0.215 e. The molecule has 100 valence electrons. The monoisotopic (exact) mass is 260 g/mol. The van der Waals surface area contributed by atoms with Crippen LogP contribution in [-0.2, 0) is 10.0 Å². The lowest BCUT2D eigenvalue weighted by Crippen LogP contribution is -2.46. The van der Waals surface area contributed by atoms with E-state index in [4.69, 9.17) is 0 Å². The van der Waals surface area contributed by atoms with Gasteiger partial charge in [0, 0.05) is 18.6 Å². The Balaban J connectivity index is 1.78. The van der Waals surface area contributed by atoms with E-state index in [9.17, 15) is 8.42 Å². The van der Waals surface area contributed by atoms with E-state index in [1.165, 1.54) is 32.1 Å².